The fraction of sp³-hybridized carbons (Fsp3) is 0.276. The maximum absolute atomic E-state index is 13.8. The van der Waals surface area contributed by atoms with Gasteiger partial charge < -0.3 is 15.4 Å². The fourth-order valence-electron chi connectivity index (χ4n) is 4.81. The molecule has 3 aromatic carbocycles. The number of carbonyl (C=O) groups excluding carboxylic acids is 1. The number of ether oxygens (including phenoxy) is 1. The van der Waals surface area contributed by atoms with Crippen LogP contribution >= 0.6 is 0 Å². The lowest BCUT2D eigenvalue weighted by atomic mass is 10.0. The van der Waals surface area contributed by atoms with E-state index in [-0.39, 0.29) is 12.2 Å². The smallest absolute Gasteiger partial charge is 0.271 e. The van der Waals surface area contributed by atoms with Gasteiger partial charge in [0, 0.05) is 32.2 Å². The van der Waals surface area contributed by atoms with Crippen LogP contribution in [-0.4, -0.2) is 53.4 Å². The Morgan fingerprint density at radius 1 is 1.03 bits per heavy atom. The van der Waals surface area contributed by atoms with Crippen molar-refractivity contribution in [3.63, 3.8) is 0 Å². The number of amides is 1. The van der Waals surface area contributed by atoms with Crippen molar-refractivity contribution >= 4 is 22.5 Å². The third-order valence-corrected chi connectivity index (χ3v) is 6.78. The van der Waals surface area contributed by atoms with Gasteiger partial charge >= 0.3 is 0 Å². The van der Waals surface area contributed by atoms with Gasteiger partial charge in [0.1, 0.15) is 17.3 Å². The molecule has 7 nitrogen and oxygen atoms in total. The minimum absolute atomic E-state index is 0.119. The maximum Gasteiger partial charge on any atom is 0.271 e. The van der Waals surface area contributed by atoms with Crippen LogP contribution in [0.4, 0.5) is 14.6 Å². The largest absolute Gasteiger partial charge is 0.497 e. The number of methoxy groups -OCH3 is 1. The van der Waals surface area contributed by atoms with Crippen LogP contribution in [0.25, 0.3) is 10.8 Å². The lowest BCUT2D eigenvalue weighted by Gasteiger charge is -2.19. The summed E-state index contributed by atoms with van der Waals surface area (Å²) in [5, 5.41) is 8.04. The van der Waals surface area contributed by atoms with Gasteiger partial charge in [0.2, 0.25) is 6.43 Å². The van der Waals surface area contributed by atoms with E-state index in [4.69, 9.17) is 4.74 Å². The van der Waals surface area contributed by atoms with Crippen LogP contribution in [0.5, 0.6) is 5.75 Å². The van der Waals surface area contributed by atoms with Crippen molar-refractivity contribution in [1.29, 1.82) is 0 Å². The fourth-order valence-corrected chi connectivity index (χ4v) is 4.81. The molecule has 2 heterocycles. The number of nitrogens with zero attached hydrogens (tertiary/aromatic N) is 3. The predicted octanol–water partition coefficient (Wildman–Crippen LogP) is 4.75. The minimum atomic E-state index is -2.48. The summed E-state index contributed by atoms with van der Waals surface area (Å²) < 4.78 is 32.9. The van der Waals surface area contributed by atoms with E-state index in [0.717, 1.165) is 27.6 Å². The minimum Gasteiger partial charge on any atom is -0.497 e. The van der Waals surface area contributed by atoms with Crippen molar-refractivity contribution < 1.29 is 18.3 Å². The topological polar surface area (TPSA) is 79.4 Å². The van der Waals surface area contributed by atoms with E-state index < -0.39 is 24.3 Å². The molecule has 0 saturated carbocycles. The number of carbonyl (C=O) groups is 1. The molecule has 1 aliphatic rings. The van der Waals surface area contributed by atoms with Crippen molar-refractivity contribution in [2.24, 2.45) is 5.92 Å². The van der Waals surface area contributed by atoms with Crippen LogP contribution in [0, 0.1) is 5.92 Å². The van der Waals surface area contributed by atoms with Gasteiger partial charge in [-0.05, 0) is 40.1 Å². The van der Waals surface area contributed by atoms with Crippen molar-refractivity contribution in [2.45, 2.75) is 25.6 Å². The van der Waals surface area contributed by atoms with E-state index in [1.807, 2.05) is 71.6 Å². The molecule has 0 spiro atoms. The average Bonchev–Trinajstić information content (AvgIpc) is 3.34. The van der Waals surface area contributed by atoms with Gasteiger partial charge in [0.25, 0.3) is 5.91 Å². The summed E-state index contributed by atoms with van der Waals surface area (Å²) in [4.78, 5) is 23.3. The van der Waals surface area contributed by atoms with Crippen LogP contribution in [0.3, 0.4) is 0 Å². The Balaban J connectivity index is 1.21. The van der Waals surface area contributed by atoms with Crippen LogP contribution in [0.2, 0.25) is 0 Å². The highest BCUT2D eigenvalue weighted by Gasteiger charge is 2.38. The molecule has 5 rings (SSSR count). The first-order valence-electron chi connectivity index (χ1n) is 12.5. The van der Waals surface area contributed by atoms with Gasteiger partial charge in [0.05, 0.1) is 25.4 Å². The summed E-state index contributed by atoms with van der Waals surface area (Å²) >= 11 is 0. The summed E-state index contributed by atoms with van der Waals surface area (Å²) in [6.07, 6.45) is 0.348. The molecule has 38 heavy (non-hydrogen) atoms. The summed E-state index contributed by atoms with van der Waals surface area (Å²) in [5.41, 5.74) is 2.13. The van der Waals surface area contributed by atoms with E-state index in [2.05, 4.69) is 20.6 Å². The maximum atomic E-state index is 13.8. The molecule has 1 aromatic heterocycles. The Morgan fingerprint density at radius 2 is 1.82 bits per heavy atom. The molecule has 9 heteroatoms. The quantitative estimate of drug-likeness (QED) is 0.334. The first-order valence-corrected chi connectivity index (χ1v) is 12.5. The Morgan fingerprint density at radius 3 is 2.61 bits per heavy atom. The van der Waals surface area contributed by atoms with E-state index in [1.54, 1.807) is 7.11 Å². The average molecular weight is 518 g/mol. The highest BCUT2D eigenvalue weighted by Crippen LogP contribution is 2.27. The second kappa shape index (κ2) is 11.5. The van der Waals surface area contributed by atoms with Crippen molar-refractivity contribution in [3.8, 4) is 5.75 Å². The highest BCUT2D eigenvalue weighted by atomic mass is 19.3. The van der Waals surface area contributed by atoms with Crippen molar-refractivity contribution in [2.75, 3.05) is 25.5 Å². The third kappa shape index (κ3) is 6.06. The lowest BCUT2D eigenvalue weighted by molar-refractivity contribution is 0.0764. The molecule has 2 N–H and O–H groups in total. The van der Waals surface area contributed by atoms with E-state index in [1.165, 1.54) is 12.4 Å². The van der Waals surface area contributed by atoms with Crippen LogP contribution in [-0.2, 0) is 13.1 Å². The summed E-state index contributed by atoms with van der Waals surface area (Å²) in [5.74, 6) is -0.161. The van der Waals surface area contributed by atoms with Crippen LogP contribution < -0.4 is 15.4 Å². The molecule has 0 aliphatic carbocycles. The zero-order valence-corrected chi connectivity index (χ0v) is 21.0. The molecule has 1 aliphatic heterocycles. The van der Waals surface area contributed by atoms with E-state index in [9.17, 15) is 13.6 Å². The first kappa shape index (κ1) is 25.5. The van der Waals surface area contributed by atoms with Gasteiger partial charge in [-0.1, -0.05) is 48.5 Å². The standard InChI is InChI=1S/C29H29F2N5O2/c1-38-23-10-9-21-11-20(7-8-22(21)12-23)13-33-29(37)25-14-32-15-27(34-25)35-26-18-36(17-24(26)28(30)31)16-19-5-3-2-4-6-19/h2-12,14-15,24,26,28H,13,16-18H2,1H3,(H,33,37)(H,34,35)/t24-,26-/m1/s1. The van der Waals surface area contributed by atoms with Gasteiger partial charge in [-0.3, -0.25) is 14.7 Å². The van der Waals surface area contributed by atoms with Crippen molar-refractivity contribution in [1.82, 2.24) is 20.2 Å². The van der Waals surface area contributed by atoms with Gasteiger partial charge in [-0.2, -0.15) is 0 Å². The number of likely N-dealkylation sites (tertiary alicyclic amines) is 1. The summed E-state index contributed by atoms with van der Waals surface area (Å²) in [7, 11) is 1.63. The summed E-state index contributed by atoms with van der Waals surface area (Å²) in [6, 6.07) is 21.0. The molecule has 0 unspecified atom stereocenters. The van der Waals surface area contributed by atoms with E-state index in [0.29, 0.717) is 25.5 Å². The van der Waals surface area contributed by atoms with Crippen LogP contribution in [0.1, 0.15) is 21.6 Å². The number of halogens is 2. The molecule has 1 fully saturated rings. The second-order valence-corrected chi connectivity index (χ2v) is 9.45. The number of alkyl halides is 2. The Kier molecular flexibility index (Phi) is 7.74. The Bertz CT molecular complexity index is 1400. The number of fused-ring (bicyclic) bond motifs is 1. The normalized spacial score (nSPS) is 17.6. The molecule has 1 amide bonds. The zero-order chi connectivity index (χ0) is 26.5. The second-order valence-electron chi connectivity index (χ2n) is 9.45. The number of hydrogen-bond acceptors (Lipinski definition) is 6. The zero-order valence-electron chi connectivity index (χ0n) is 21.0. The number of anilines is 1. The monoisotopic (exact) mass is 517 g/mol. The molecule has 2 atom stereocenters. The van der Waals surface area contributed by atoms with Crippen molar-refractivity contribution in [3.05, 3.63) is 95.9 Å². The Hall–Kier alpha value is -4.11. The highest BCUT2D eigenvalue weighted by molar-refractivity contribution is 5.92. The van der Waals surface area contributed by atoms with Crippen LogP contribution in [0.15, 0.2) is 79.1 Å². The third-order valence-electron chi connectivity index (χ3n) is 6.78. The number of hydrogen-bond donors (Lipinski definition) is 2. The molecular formula is C29H29F2N5O2. The molecule has 0 radical (unpaired) electrons. The number of rotatable bonds is 9. The predicted molar refractivity (Wildman–Crippen MR) is 142 cm³/mol. The molecule has 1 saturated heterocycles. The summed E-state index contributed by atoms with van der Waals surface area (Å²) in [6.45, 7) is 1.62. The molecule has 4 aromatic rings. The molecule has 196 valence electrons. The Labute approximate surface area is 219 Å². The van der Waals surface area contributed by atoms with Gasteiger partial charge in [-0.25, -0.2) is 13.8 Å². The number of nitrogens with one attached hydrogen (secondary N) is 2. The van der Waals surface area contributed by atoms with E-state index >= 15 is 0 Å². The SMILES string of the molecule is COc1ccc2cc(CNC(=O)c3cncc(N[C@@H]4CN(Cc5ccccc5)C[C@H]4C(F)F)n3)ccc2c1. The molecule has 0 bridgehead atoms. The number of benzene rings is 3. The number of aromatic nitrogens is 2. The van der Waals surface area contributed by atoms with Gasteiger partial charge in [-0.15, -0.1) is 0 Å². The lowest BCUT2D eigenvalue weighted by Crippen LogP contribution is -2.33. The molecular weight excluding hydrogens is 488 g/mol. The first-order chi connectivity index (χ1) is 18.5. The van der Waals surface area contributed by atoms with Gasteiger partial charge in [0.15, 0.2) is 0 Å².